The monoisotopic (exact) mass is 1250 g/mol. The number of pyridine rings is 1. The van der Waals surface area contributed by atoms with Crippen LogP contribution in [0.1, 0.15) is 26.3 Å². The van der Waals surface area contributed by atoms with Crippen LogP contribution >= 0.6 is 0 Å². The first-order chi connectivity index (χ1) is 38.6. The van der Waals surface area contributed by atoms with E-state index in [4.69, 9.17) is 9.72 Å². The summed E-state index contributed by atoms with van der Waals surface area (Å²) in [5.41, 5.74) is 9.37. The van der Waals surface area contributed by atoms with Gasteiger partial charge in [-0.3, -0.25) is 4.57 Å². The van der Waals surface area contributed by atoms with Gasteiger partial charge in [-0.1, -0.05) is 251 Å². The standard InChI is InChI=1S/C72H58N4OSi2.Pt/c1-72(2,3)53-45-46-73-70(48-53)76-65-39-19-18-37-63(65)64-44-43-56(50-68(64)76)77-55-27-23-26-54(49-55)74-51-75(67-41-21-20-40-66(67)74)71-62(38-24-42-69(71)78(4,5)57-28-10-6-11-29-57)52-25-22-36-61(47-52)79(58-30-12-7-13-31-58,59-32-14-8-15-33-59)60-34-16-9-17-35-60;/h6-48H,1-5H3;/q-2;. The summed E-state index contributed by atoms with van der Waals surface area (Å²) in [4.78, 5) is 4.90. The summed E-state index contributed by atoms with van der Waals surface area (Å²) in [5, 5.41) is 10.2. The number of ether oxygens (including phenoxy) is 1. The fraction of sp³-hybridized carbons (Fsp3) is 0.0833. The van der Waals surface area contributed by atoms with Gasteiger partial charge in [0.05, 0.1) is 16.7 Å². The first kappa shape index (κ1) is 52.3. The molecule has 13 aromatic rings. The summed E-state index contributed by atoms with van der Waals surface area (Å²) >= 11 is 0. The first-order valence-corrected chi connectivity index (χ1v) is 32.1. The maximum absolute atomic E-state index is 6.77. The molecule has 0 atom stereocenters. The van der Waals surface area contributed by atoms with Gasteiger partial charge in [0.1, 0.15) is 13.9 Å². The fourth-order valence-corrected chi connectivity index (χ4v) is 19.3. The van der Waals surface area contributed by atoms with Crippen LogP contribution in [-0.4, -0.2) is 30.3 Å². The normalized spacial score (nSPS) is 12.0. The molecule has 13 rings (SSSR count). The molecule has 392 valence electrons. The molecule has 0 unspecified atom stereocenters. The molecule has 0 spiro atoms. The van der Waals surface area contributed by atoms with Gasteiger partial charge in [-0.15, -0.1) is 29.7 Å². The van der Waals surface area contributed by atoms with Crippen LogP contribution in [0.5, 0.6) is 11.5 Å². The molecule has 0 radical (unpaired) electrons. The van der Waals surface area contributed by atoms with Crippen LogP contribution < -0.4 is 40.4 Å². The molecular formula is C72H58N4OPtSi2-2. The molecule has 10 aromatic carbocycles. The van der Waals surface area contributed by atoms with Crippen LogP contribution in [0, 0.1) is 18.5 Å². The van der Waals surface area contributed by atoms with E-state index in [0.29, 0.717) is 11.5 Å². The molecule has 0 N–H and O–H groups in total. The van der Waals surface area contributed by atoms with Crippen LogP contribution in [0.3, 0.4) is 0 Å². The second-order valence-electron chi connectivity index (χ2n) is 22.0. The molecule has 0 fully saturated rings. The smallest absolute Gasteiger partial charge is 0.268 e. The Labute approximate surface area is 485 Å². The van der Waals surface area contributed by atoms with Gasteiger partial charge in [0.2, 0.25) is 0 Å². The zero-order valence-corrected chi connectivity index (χ0v) is 49.6. The van der Waals surface area contributed by atoms with E-state index in [1.807, 2.05) is 24.4 Å². The Bertz CT molecular complexity index is 4260. The molecule has 80 heavy (non-hydrogen) atoms. The number of imidazole rings is 1. The molecule has 0 aliphatic carbocycles. The topological polar surface area (TPSA) is 35.9 Å². The van der Waals surface area contributed by atoms with Crippen molar-refractivity contribution in [2.24, 2.45) is 0 Å². The van der Waals surface area contributed by atoms with Crippen molar-refractivity contribution in [1.82, 2.24) is 14.1 Å². The third-order valence-electron chi connectivity index (χ3n) is 15.8. The van der Waals surface area contributed by atoms with Crippen molar-refractivity contribution in [3.8, 4) is 39.8 Å². The van der Waals surface area contributed by atoms with Gasteiger partial charge in [0.15, 0.2) is 8.07 Å². The molecule has 5 nitrogen and oxygen atoms in total. The van der Waals surface area contributed by atoms with Gasteiger partial charge in [-0.25, -0.2) is 4.98 Å². The van der Waals surface area contributed by atoms with Gasteiger partial charge in [-0.2, -0.15) is 18.2 Å². The minimum atomic E-state index is -2.86. The van der Waals surface area contributed by atoms with E-state index in [1.165, 1.54) is 36.7 Å². The Balaban J connectivity index is 0.00000637. The van der Waals surface area contributed by atoms with Crippen LogP contribution in [-0.2, 0) is 26.5 Å². The quantitative estimate of drug-likeness (QED) is 0.0529. The molecule has 0 aliphatic rings. The number of fused-ring (bicyclic) bond motifs is 4. The molecule has 0 saturated heterocycles. The predicted octanol–water partition coefficient (Wildman–Crippen LogP) is 12.8. The van der Waals surface area contributed by atoms with Gasteiger partial charge in [0.25, 0.3) is 6.33 Å². The van der Waals surface area contributed by atoms with Crippen molar-refractivity contribution in [3.05, 3.63) is 285 Å². The third-order valence-corrected chi connectivity index (χ3v) is 24.1. The first-order valence-electron chi connectivity index (χ1n) is 27.1. The van der Waals surface area contributed by atoms with Crippen molar-refractivity contribution >= 4 is 80.1 Å². The van der Waals surface area contributed by atoms with Crippen LogP contribution in [0.4, 0.5) is 0 Å². The zero-order valence-electron chi connectivity index (χ0n) is 45.3. The summed E-state index contributed by atoms with van der Waals surface area (Å²) in [6, 6.07) is 99.9. The minimum absolute atomic E-state index is 0. The van der Waals surface area contributed by atoms with Gasteiger partial charge in [-0.05, 0) is 77.3 Å². The Kier molecular flexibility index (Phi) is 13.9. The van der Waals surface area contributed by atoms with E-state index in [9.17, 15) is 0 Å². The van der Waals surface area contributed by atoms with Crippen molar-refractivity contribution in [2.75, 3.05) is 0 Å². The van der Waals surface area contributed by atoms with Crippen molar-refractivity contribution in [2.45, 2.75) is 39.3 Å². The number of hydrogen-bond acceptors (Lipinski definition) is 2. The number of para-hydroxylation sites is 4. The molecule has 8 heteroatoms. The number of aromatic nitrogens is 4. The van der Waals surface area contributed by atoms with Crippen molar-refractivity contribution in [1.29, 1.82) is 0 Å². The predicted molar refractivity (Wildman–Crippen MR) is 331 cm³/mol. The van der Waals surface area contributed by atoms with E-state index in [1.54, 1.807) is 0 Å². The fourth-order valence-electron chi connectivity index (χ4n) is 11.8. The van der Waals surface area contributed by atoms with Crippen molar-refractivity contribution < 1.29 is 30.4 Å². The Morgan fingerprint density at radius 3 is 1.75 bits per heavy atom. The van der Waals surface area contributed by atoms with Crippen molar-refractivity contribution in [3.63, 3.8) is 0 Å². The molecule has 3 aromatic heterocycles. The Morgan fingerprint density at radius 2 is 1.07 bits per heavy atom. The van der Waals surface area contributed by atoms with Gasteiger partial charge in [0, 0.05) is 44.3 Å². The number of hydrogen-bond donors (Lipinski definition) is 0. The Hall–Kier alpha value is -8.46. The van der Waals surface area contributed by atoms with E-state index in [2.05, 4.69) is 303 Å². The van der Waals surface area contributed by atoms with Gasteiger partial charge < -0.3 is 13.9 Å². The average Bonchev–Trinajstić information content (AvgIpc) is 4.15. The molecular weight excluding hydrogens is 1190 g/mol. The second-order valence-corrected chi connectivity index (χ2v) is 30.1. The molecule has 0 saturated carbocycles. The molecule has 3 heterocycles. The van der Waals surface area contributed by atoms with E-state index < -0.39 is 16.1 Å². The molecule has 0 amide bonds. The average molecular weight is 1250 g/mol. The summed E-state index contributed by atoms with van der Waals surface area (Å²) in [5.74, 6) is 2.00. The zero-order chi connectivity index (χ0) is 53.7. The summed E-state index contributed by atoms with van der Waals surface area (Å²) in [7, 11) is -5.27. The summed E-state index contributed by atoms with van der Waals surface area (Å²) in [6.45, 7) is 11.6. The third kappa shape index (κ3) is 9.19. The van der Waals surface area contributed by atoms with Crippen LogP contribution in [0.25, 0.3) is 61.2 Å². The SMILES string of the molecule is CC(C)(C)c1ccnc(-n2c3[c-]c(Oc4[c-]c(-n5[c-][n+](-c6c(-c7cccc([Si](c8ccccc8)(c8ccccc8)c8ccccc8)c7)cccc6[Si](C)(C)c6ccccc6)c6ccccc65)ccc4)ccc3c3ccccc32)c1.[Pt]. The Morgan fingerprint density at radius 1 is 0.500 bits per heavy atom. The number of rotatable bonds is 12. The largest absolute Gasteiger partial charge is 0.510 e. The van der Waals surface area contributed by atoms with Gasteiger partial charge >= 0.3 is 0 Å². The van der Waals surface area contributed by atoms with E-state index >= 15 is 0 Å². The van der Waals surface area contributed by atoms with Crippen LogP contribution in [0.2, 0.25) is 13.1 Å². The molecule has 0 bridgehead atoms. The maximum atomic E-state index is 6.77. The number of nitrogens with zero attached hydrogens (tertiary/aromatic N) is 4. The maximum Gasteiger partial charge on any atom is 0.268 e. The second kappa shape index (κ2) is 21.3. The van der Waals surface area contributed by atoms with Crippen LogP contribution in [0.15, 0.2) is 261 Å². The summed E-state index contributed by atoms with van der Waals surface area (Å²) < 4.78 is 13.4. The molecule has 0 aliphatic heterocycles. The van der Waals surface area contributed by atoms with E-state index in [0.717, 1.165) is 61.2 Å². The number of benzene rings is 10. The minimum Gasteiger partial charge on any atom is -0.510 e. The summed E-state index contributed by atoms with van der Waals surface area (Å²) in [6.07, 6.45) is 5.85. The van der Waals surface area contributed by atoms with E-state index in [-0.39, 0.29) is 26.5 Å².